The largest absolute Gasteiger partial charge is 0.417 e. The van der Waals surface area contributed by atoms with Crippen molar-refractivity contribution in [3.05, 3.63) is 28.7 Å². The van der Waals surface area contributed by atoms with Crippen LogP contribution in [0.4, 0.5) is 5.69 Å². The van der Waals surface area contributed by atoms with Crippen LogP contribution in [0.2, 0.25) is 0 Å². The van der Waals surface area contributed by atoms with Crippen molar-refractivity contribution in [1.29, 1.82) is 0 Å². The number of H-pyrrole nitrogens is 1. The molecule has 19 heavy (non-hydrogen) atoms. The summed E-state index contributed by atoms with van der Waals surface area (Å²) >= 11 is 0. The van der Waals surface area contributed by atoms with Crippen molar-refractivity contribution in [3.63, 3.8) is 0 Å². The van der Waals surface area contributed by atoms with Gasteiger partial charge >= 0.3 is 5.76 Å². The summed E-state index contributed by atoms with van der Waals surface area (Å²) in [6, 6.07) is 5.57. The second-order valence-electron chi connectivity index (χ2n) is 5.26. The molecule has 0 radical (unpaired) electrons. The number of fused-ring (bicyclic) bond motifs is 1. The van der Waals surface area contributed by atoms with E-state index in [0.717, 1.165) is 12.2 Å². The first kappa shape index (κ1) is 13.7. The number of benzene rings is 1. The van der Waals surface area contributed by atoms with E-state index in [1.807, 2.05) is 19.2 Å². The molecule has 2 N–H and O–H groups in total. The highest BCUT2D eigenvalue weighted by Gasteiger charge is 2.15. The second-order valence-corrected chi connectivity index (χ2v) is 5.26. The van der Waals surface area contributed by atoms with Crippen molar-refractivity contribution in [1.82, 2.24) is 4.98 Å². The van der Waals surface area contributed by atoms with Crippen LogP contribution in [-0.4, -0.2) is 30.3 Å². The average molecular weight is 264 g/mol. The summed E-state index contributed by atoms with van der Waals surface area (Å²) in [5, 5.41) is 9.38. The van der Waals surface area contributed by atoms with E-state index in [4.69, 9.17) is 4.42 Å². The molecule has 0 saturated heterocycles. The third kappa shape index (κ3) is 2.98. The van der Waals surface area contributed by atoms with Crippen molar-refractivity contribution < 1.29 is 9.52 Å². The molecule has 104 valence electrons. The first-order chi connectivity index (χ1) is 9.01. The topological polar surface area (TPSA) is 69.5 Å². The quantitative estimate of drug-likeness (QED) is 0.864. The number of nitrogens with one attached hydrogen (secondary N) is 1. The van der Waals surface area contributed by atoms with Crippen LogP contribution < -0.4 is 10.7 Å². The van der Waals surface area contributed by atoms with Gasteiger partial charge in [-0.2, -0.15) is 0 Å². The van der Waals surface area contributed by atoms with E-state index in [1.165, 1.54) is 0 Å². The van der Waals surface area contributed by atoms with Crippen LogP contribution in [0.15, 0.2) is 27.4 Å². The van der Waals surface area contributed by atoms with Crippen molar-refractivity contribution in [2.24, 2.45) is 11.8 Å². The van der Waals surface area contributed by atoms with Gasteiger partial charge < -0.3 is 14.4 Å². The van der Waals surface area contributed by atoms with Crippen molar-refractivity contribution >= 4 is 16.8 Å². The van der Waals surface area contributed by atoms with Crippen LogP contribution in [0.3, 0.4) is 0 Å². The zero-order valence-corrected chi connectivity index (χ0v) is 11.5. The molecule has 0 fully saturated rings. The van der Waals surface area contributed by atoms with Crippen LogP contribution in [0, 0.1) is 11.8 Å². The summed E-state index contributed by atoms with van der Waals surface area (Å²) in [5.74, 6) is 0.208. The first-order valence-corrected chi connectivity index (χ1v) is 6.46. The Kier molecular flexibility index (Phi) is 3.95. The Hall–Kier alpha value is -1.75. The summed E-state index contributed by atoms with van der Waals surface area (Å²) < 4.78 is 4.97. The Morgan fingerprint density at radius 3 is 2.79 bits per heavy atom. The zero-order chi connectivity index (χ0) is 14.0. The van der Waals surface area contributed by atoms with Gasteiger partial charge in [0, 0.05) is 31.8 Å². The highest BCUT2D eigenvalue weighted by atomic mass is 16.4. The maximum atomic E-state index is 11.1. The third-order valence-electron chi connectivity index (χ3n) is 3.53. The molecule has 5 nitrogen and oxygen atoms in total. The summed E-state index contributed by atoms with van der Waals surface area (Å²) in [7, 11) is 1.98. The van der Waals surface area contributed by atoms with Gasteiger partial charge in [0.05, 0.1) is 5.52 Å². The number of hydrogen-bond donors (Lipinski definition) is 2. The van der Waals surface area contributed by atoms with Gasteiger partial charge in [0.15, 0.2) is 5.58 Å². The molecule has 1 unspecified atom stereocenters. The van der Waals surface area contributed by atoms with E-state index < -0.39 is 5.76 Å². The Bertz CT molecular complexity index is 600. The molecular formula is C14H20N2O3. The van der Waals surface area contributed by atoms with Crippen LogP contribution in [0.1, 0.15) is 13.8 Å². The van der Waals surface area contributed by atoms with E-state index in [2.05, 4.69) is 23.7 Å². The van der Waals surface area contributed by atoms with Crippen LogP contribution in [0.25, 0.3) is 11.1 Å². The summed E-state index contributed by atoms with van der Waals surface area (Å²) in [6.45, 7) is 5.14. The summed E-state index contributed by atoms with van der Waals surface area (Å²) in [6.07, 6.45) is 0. The molecule has 5 heteroatoms. The lowest BCUT2D eigenvalue weighted by molar-refractivity contribution is 0.193. The maximum absolute atomic E-state index is 11.1. The van der Waals surface area contributed by atoms with Gasteiger partial charge in [-0.15, -0.1) is 0 Å². The SMILES string of the molecule is CC(C)C(CO)CN(C)c1ccc2oc(=O)[nH]c2c1. The minimum atomic E-state index is -0.440. The fraction of sp³-hybridized carbons (Fsp3) is 0.500. The number of aliphatic hydroxyl groups excluding tert-OH is 1. The van der Waals surface area contributed by atoms with Crippen molar-refractivity contribution in [2.45, 2.75) is 13.8 Å². The van der Waals surface area contributed by atoms with Gasteiger partial charge in [-0.3, -0.25) is 4.98 Å². The summed E-state index contributed by atoms with van der Waals surface area (Å²) in [4.78, 5) is 15.8. The molecule has 0 amide bonds. The number of rotatable bonds is 5. The monoisotopic (exact) mass is 264 g/mol. The smallest absolute Gasteiger partial charge is 0.408 e. The summed E-state index contributed by atoms with van der Waals surface area (Å²) in [5.41, 5.74) is 2.24. The van der Waals surface area contributed by atoms with Gasteiger partial charge in [-0.25, -0.2) is 4.79 Å². The Morgan fingerprint density at radius 2 is 2.16 bits per heavy atom. The van der Waals surface area contributed by atoms with Crippen LogP contribution in [-0.2, 0) is 0 Å². The second kappa shape index (κ2) is 5.48. The predicted molar refractivity (Wildman–Crippen MR) is 75.5 cm³/mol. The number of nitrogens with zero attached hydrogens (tertiary/aromatic N) is 1. The van der Waals surface area contributed by atoms with Gasteiger partial charge in [0.2, 0.25) is 0 Å². The van der Waals surface area contributed by atoms with Crippen molar-refractivity contribution in [2.75, 3.05) is 25.1 Å². The predicted octanol–water partition coefficient (Wildman–Crippen LogP) is 1.82. The van der Waals surface area contributed by atoms with E-state index in [0.29, 0.717) is 17.0 Å². The molecule has 0 aliphatic carbocycles. The van der Waals surface area contributed by atoms with E-state index in [1.54, 1.807) is 6.07 Å². The molecule has 2 aromatic rings. The van der Waals surface area contributed by atoms with Gasteiger partial charge in [-0.05, 0) is 24.1 Å². The minimum Gasteiger partial charge on any atom is -0.408 e. The average Bonchev–Trinajstić information content (AvgIpc) is 2.74. The molecule has 0 aliphatic heterocycles. The Morgan fingerprint density at radius 1 is 1.42 bits per heavy atom. The molecule has 1 aromatic carbocycles. The number of aromatic nitrogens is 1. The fourth-order valence-corrected chi connectivity index (χ4v) is 2.11. The molecule has 0 spiro atoms. The Labute approximate surface area is 111 Å². The molecule has 0 aliphatic rings. The molecule has 2 rings (SSSR count). The van der Waals surface area contributed by atoms with E-state index in [9.17, 15) is 9.90 Å². The van der Waals surface area contributed by atoms with Gasteiger partial charge in [-0.1, -0.05) is 13.8 Å². The van der Waals surface area contributed by atoms with E-state index in [-0.39, 0.29) is 12.5 Å². The highest BCUT2D eigenvalue weighted by molar-refractivity contribution is 5.77. The highest BCUT2D eigenvalue weighted by Crippen LogP contribution is 2.21. The number of anilines is 1. The number of hydrogen-bond acceptors (Lipinski definition) is 4. The molecule has 1 aromatic heterocycles. The third-order valence-corrected chi connectivity index (χ3v) is 3.53. The Balaban J connectivity index is 2.20. The lowest BCUT2D eigenvalue weighted by Crippen LogP contribution is -2.30. The zero-order valence-electron chi connectivity index (χ0n) is 11.5. The van der Waals surface area contributed by atoms with E-state index >= 15 is 0 Å². The number of oxazole rings is 1. The maximum Gasteiger partial charge on any atom is 0.417 e. The molecule has 1 atom stereocenters. The van der Waals surface area contributed by atoms with Crippen LogP contribution in [0.5, 0.6) is 0 Å². The normalized spacial score (nSPS) is 13.1. The number of aromatic amines is 1. The molecule has 1 heterocycles. The standard InChI is InChI=1S/C14H20N2O3/c1-9(2)10(8-17)7-16(3)11-4-5-13-12(6-11)15-14(18)19-13/h4-6,9-10,17H,7-8H2,1-3H3,(H,15,18). The lowest BCUT2D eigenvalue weighted by atomic mass is 9.96. The van der Waals surface area contributed by atoms with Gasteiger partial charge in [0.25, 0.3) is 0 Å². The number of aliphatic hydroxyl groups is 1. The van der Waals surface area contributed by atoms with Gasteiger partial charge in [0.1, 0.15) is 0 Å². The lowest BCUT2D eigenvalue weighted by Gasteiger charge is -2.26. The first-order valence-electron chi connectivity index (χ1n) is 6.46. The van der Waals surface area contributed by atoms with Crippen molar-refractivity contribution in [3.8, 4) is 0 Å². The fourth-order valence-electron chi connectivity index (χ4n) is 2.11. The molecular weight excluding hydrogens is 244 g/mol. The molecule has 0 saturated carbocycles. The minimum absolute atomic E-state index is 0.173. The molecule has 0 bridgehead atoms. The van der Waals surface area contributed by atoms with Crippen LogP contribution >= 0.6 is 0 Å².